The van der Waals surface area contributed by atoms with Crippen molar-refractivity contribution in [3.05, 3.63) is 89.0 Å². The average Bonchev–Trinajstić information content (AvgIpc) is 2.87. The summed E-state index contributed by atoms with van der Waals surface area (Å²) >= 11 is 0. The van der Waals surface area contributed by atoms with E-state index in [1.165, 1.54) is 18.2 Å². The Kier molecular flexibility index (Phi) is 10.0. The van der Waals surface area contributed by atoms with Gasteiger partial charge in [0.15, 0.2) is 0 Å². The van der Waals surface area contributed by atoms with E-state index in [9.17, 15) is 23.4 Å². The quantitative estimate of drug-likeness (QED) is 0.276. The molecule has 0 saturated carbocycles. The molecule has 202 valence electrons. The highest BCUT2D eigenvalue weighted by atomic mass is 32.2. The first-order valence-corrected chi connectivity index (χ1v) is 13.1. The second kappa shape index (κ2) is 13.2. The van der Waals surface area contributed by atoms with Gasteiger partial charge in [-0.25, -0.2) is 0 Å². The number of aliphatic hydroxyl groups excluding tert-OH is 1. The number of carbonyl (C=O) groups is 1. The highest BCUT2D eigenvalue weighted by molar-refractivity contribution is 7.61. The number of methoxy groups -OCH3 is 1. The zero-order valence-corrected chi connectivity index (χ0v) is 22.5. The standard InChI is InChI=1S/C28H33N3O6S/c1-28(2,30-18-26(33)22-9-12-25(32)24(15-22)31-38(35)36)16-21-6-4-5-20(13-21)14-27(34)29-17-19-7-10-23(37-3)11-8-19/h4-13,15,26,30,32-33H,14,16-18H2,1-3H3,(H,29,34)/t26-/m0/s1. The lowest BCUT2D eigenvalue weighted by molar-refractivity contribution is -0.120. The maximum Gasteiger partial charge on any atom is 0.316 e. The van der Waals surface area contributed by atoms with Crippen LogP contribution in [0.15, 0.2) is 71.1 Å². The normalized spacial score (nSPS) is 12.0. The summed E-state index contributed by atoms with van der Waals surface area (Å²) in [7, 11) is -1.11. The van der Waals surface area contributed by atoms with E-state index < -0.39 is 22.1 Å². The van der Waals surface area contributed by atoms with Crippen LogP contribution in [0.25, 0.3) is 0 Å². The minimum atomic E-state index is -2.72. The summed E-state index contributed by atoms with van der Waals surface area (Å²) in [6.45, 7) is 4.65. The van der Waals surface area contributed by atoms with E-state index in [1.807, 2.05) is 62.4 Å². The average molecular weight is 540 g/mol. The molecule has 0 aliphatic rings. The summed E-state index contributed by atoms with van der Waals surface area (Å²) in [5.74, 6) is 0.413. The number of hydrogen-bond acceptors (Lipinski definition) is 8. The number of nitrogens with zero attached hydrogens (tertiary/aromatic N) is 1. The molecule has 1 atom stereocenters. The fourth-order valence-electron chi connectivity index (χ4n) is 4.01. The molecule has 0 saturated heterocycles. The predicted molar refractivity (Wildman–Crippen MR) is 145 cm³/mol. The Morgan fingerprint density at radius 1 is 1.03 bits per heavy atom. The number of benzene rings is 3. The lowest BCUT2D eigenvalue weighted by atomic mass is 9.93. The van der Waals surface area contributed by atoms with Crippen LogP contribution in [0.1, 0.15) is 42.2 Å². The van der Waals surface area contributed by atoms with Gasteiger partial charge in [-0.15, -0.1) is 4.36 Å². The highest BCUT2D eigenvalue weighted by Gasteiger charge is 2.21. The monoisotopic (exact) mass is 539 g/mol. The van der Waals surface area contributed by atoms with Gasteiger partial charge in [0.2, 0.25) is 5.91 Å². The van der Waals surface area contributed by atoms with Gasteiger partial charge in [-0.3, -0.25) is 4.79 Å². The molecule has 3 aromatic carbocycles. The molecule has 0 spiro atoms. The van der Waals surface area contributed by atoms with Gasteiger partial charge in [0.1, 0.15) is 17.2 Å². The van der Waals surface area contributed by atoms with Gasteiger partial charge in [-0.1, -0.05) is 42.5 Å². The lowest BCUT2D eigenvalue weighted by Crippen LogP contribution is -2.43. The second-order valence-corrected chi connectivity index (χ2v) is 10.3. The van der Waals surface area contributed by atoms with Crippen molar-refractivity contribution in [2.45, 2.75) is 44.9 Å². The van der Waals surface area contributed by atoms with E-state index in [0.29, 0.717) is 18.5 Å². The van der Waals surface area contributed by atoms with Crippen molar-refractivity contribution in [3.8, 4) is 11.5 Å². The zero-order chi connectivity index (χ0) is 27.7. The third kappa shape index (κ3) is 8.98. The first kappa shape index (κ1) is 28.8. The molecule has 0 unspecified atom stereocenters. The minimum Gasteiger partial charge on any atom is -0.506 e. The number of phenols is 1. The Morgan fingerprint density at radius 2 is 1.74 bits per heavy atom. The number of rotatable bonds is 12. The van der Waals surface area contributed by atoms with Crippen molar-refractivity contribution in [1.29, 1.82) is 0 Å². The van der Waals surface area contributed by atoms with Gasteiger partial charge in [-0.2, -0.15) is 8.42 Å². The second-order valence-electron chi connectivity index (χ2n) is 9.64. The fourth-order valence-corrected chi connectivity index (χ4v) is 4.31. The molecule has 0 bridgehead atoms. The van der Waals surface area contributed by atoms with Crippen LogP contribution in [-0.4, -0.2) is 43.7 Å². The minimum absolute atomic E-state index is 0.0701. The molecule has 10 heteroatoms. The number of β-amino-alcohol motifs (C(OH)–C–C–N with tert-alkyl or cyclic N) is 1. The topological polar surface area (TPSA) is 137 Å². The molecule has 9 nitrogen and oxygen atoms in total. The van der Waals surface area contributed by atoms with Crippen molar-refractivity contribution >= 4 is 22.1 Å². The maximum absolute atomic E-state index is 12.5. The van der Waals surface area contributed by atoms with E-state index in [4.69, 9.17) is 4.74 Å². The molecule has 4 N–H and O–H groups in total. The summed E-state index contributed by atoms with van der Waals surface area (Å²) in [6, 6.07) is 19.5. The summed E-state index contributed by atoms with van der Waals surface area (Å²) in [5.41, 5.74) is 2.84. The number of phenolic OH excluding ortho intramolecular Hbond substituents is 1. The van der Waals surface area contributed by atoms with Gasteiger partial charge in [0.05, 0.1) is 19.6 Å². The summed E-state index contributed by atoms with van der Waals surface area (Å²) in [5, 5.41) is 26.7. The van der Waals surface area contributed by atoms with Crippen LogP contribution in [0, 0.1) is 0 Å². The van der Waals surface area contributed by atoms with Crippen molar-refractivity contribution in [2.24, 2.45) is 4.36 Å². The van der Waals surface area contributed by atoms with Crippen LogP contribution in [-0.2, 0) is 34.7 Å². The van der Waals surface area contributed by atoms with Crippen LogP contribution >= 0.6 is 0 Å². The van der Waals surface area contributed by atoms with Gasteiger partial charge in [0.25, 0.3) is 0 Å². The van der Waals surface area contributed by atoms with E-state index in [-0.39, 0.29) is 30.3 Å². The summed E-state index contributed by atoms with van der Waals surface area (Å²) < 4.78 is 30.2. The van der Waals surface area contributed by atoms with Crippen LogP contribution in [0.3, 0.4) is 0 Å². The first-order valence-electron chi connectivity index (χ1n) is 12.1. The van der Waals surface area contributed by atoms with E-state index >= 15 is 0 Å². The van der Waals surface area contributed by atoms with Crippen LogP contribution < -0.4 is 15.4 Å². The Bertz CT molecular complexity index is 1380. The smallest absolute Gasteiger partial charge is 0.316 e. The molecule has 0 fully saturated rings. The van der Waals surface area contributed by atoms with Crippen molar-refractivity contribution < 1.29 is 28.2 Å². The van der Waals surface area contributed by atoms with Gasteiger partial charge in [-0.05, 0) is 66.8 Å². The summed E-state index contributed by atoms with van der Waals surface area (Å²) in [6.07, 6.45) is -0.0321. The van der Waals surface area contributed by atoms with Crippen molar-refractivity contribution in [3.63, 3.8) is 0 Å². The third-order valence-corrected chi connectivity index (χ3v) is 6.33. The fraction of sp³-hybridized carbons (Fsp3) is 0.321. The molecule has 3 aromatic rings. The van der Waals surface area contributed by atoms with Crippen molar-refractivity contribution in [1.82, 2.24) is 10.6 Å². The van der Waals surface area contributed by atoms with Crippen LogP contribution in [0.5, 0.6) is 11.5 Å². The van der Waals surface area contributed by atoms with Gasteiger partial charge in [0, 0.05) is 18.6 Å². The highest BCUT2D eigenvalue weighted by Crippen LogP contribution is 2.29. The molecule has 0 aromatic heterocycles. The van der Waals surface area contributed by atoms with E-state index in [2.05, 4.69) is 15.0 Å². The number of aromatic hydroxyl groups is 1. The van der Waals surface area contributed by atoms with Crippen molar-refractivity contribution in [2.75, 3.05) is 13.7 Å². The number of nitrogens with one attached hydrogen (secondary N) is 2. The first-order chi connectivity index (χ1) is 18.0. The van der Waals surface area contributed by atoms with Gasteiger partial charge >= 0.3 is 10.5 Å². The number of carbonyl (C=O) groups excluding carboxylic acids is 1. The largest absolute Gasteiger partial charge is 0.506 e. The molecule has 0 aliphatic carbocycles. The molecule has 0 heterocycles. The number of aliphatic hydroxyl groups is 1. The Labute approximate surface area is 224 Å². The van der Waals surface area contributed by atoms with E-state index in [0.717, 1.165) is 22.4 Å². The Balaban J connectivity index is 1.54. The SMILES string of the molecule is COc1ccc(CNC(=O)Cc2cccc(CC(C)(C)NC[C@H](O)c3ccc(O)c(N=S(=O)=O)c3)c2)cc1. The number of amides is 1. The number of ether oxygens (including phenoxy) is 1. The summed E-state index contributed by atoms with van der Waals surface area (Å²) in [4.78, 5) is 12.5. The predicted octanol–water partition coefficient (Wildman–Crippen LogP) is 3.60. The third-order valence-electron chi connectivity index (χ3n) is 5.98. The molecule has 38 heavy (non-hydrogen) atoms. The molecular formula is C28H33N3O6S. The Morgan fingerprint density at radius 3 is 2.42 bits per heavy atom. The molecular weight excluding hydrogens is 506 g/mol. The van der Waals surface area contributed by atoms with E-state index in [1.54, 1.807) is 7.11 Å². The molecule has 3 rings (SSSR count). The van der Waals surface area contributed by atoms with Crippen LogP contribution in [0.2, 0.25) is 0 Å². The van der Waals surface area contributed by atoms with Gasteiger partial charge < -0.3 is 25.6 Å². The Hall–Kier alpha value is -3.73. The molecule has 1 amide bonds. The zero-order valence-electron chi connectivity index (χ0n) is 21.6. The molecule has 0 aliphatic heterocycles. The maximum atomic E-state index is 12.5. The lowest BCUT2D eigenvalue weighted by Gasteiger charge is -2.28. The van der Waals surface area contributed by atoms with Crippen LogP contribution in [0.4, 0.5) is 5.69 Å². The molecule has 0 radical (unpaired) electrons. The number of hydrogen-bond donors (Lipinski definition) is 4.